The lowest BCUT2D eigenvalue weighted by Crippen LogP contribution is -2.29. The van der Waals surface area contributed by atoms with Crippen LogP contribution in [0.3, 0.4) is 0 Å². The standard InChI is InChI=1S/C16H15BrFNO2/c1-16(2)20-14-6-5-12(8-15(14)21-16)19-9-10-3-4-11(17)7-13(10)18/h3-8,19H,9H2,1-2H3. The van der Waals surface area contributed by atoms with Crippen LogP contribution in [0, 0.1) is 5.82 Å². The summed E-state index contributed by atoms with van der Waals surface area (Å²) in [5.41, 5.74) is 1.47. The lowest BCUT2D eigenvalue weighted by molar-refractivity contribution is -0.0431. The Morgan fingerprint density at radius 2 is 1.86 bits per heavy atom. The van der Waals surface area contributed by atoms with Gasteiger partial charge in [0.2, 0.25) is 5.79 Å². The monoisotopic (exact) mass is 351 g/mol. The van der Waals surface area contributed by atoms with Crippen LogP contribution in [0.25, 0.3) is 0 Å². The minimum absolute atomic E-state index is 0.237. The van der Waals surface area contributed by atoms with Gasteiger partial charge in [-0.1, -0.05) is 22.0 Å². The zero-order chi connectivity index (χ0) is 15.0. The normalized spacial score (nSPS) is 15.0. The summed E-state index contributed by atoms with van der Waals surface area (Å²) in [5, 5.41) is 3.19. The molecule has 0 unspecified atom stereocenters. The molecule has 110 valence electrons. The van der Waals surface area contributed by atoms with Crippen LogP contribution in [-0.2, 0) is 6.54 Å². The van der Waals surface area contributed by atoms with Crippen molar-refractivity contribution in [2.24, 2.45) is 0 Å². The first-order valence-corrected chi connectivity index (χ1v) is 7.42. The van der Waals surface area contributed by atoms with E-state index < -0.39 is 5.79 Å². The fourth-order valence-electron chi connectivity index (χ4n) is 2.19. The Hall–Kier alpha value is -1.75. The van der Waals surface area contributed by atoms with Gasteiger partial charge >= 0.3 is 0 Å². The Balaban J connectivity index is 1.72. The van der Waals surface area contributed by atoms with Crippen molar-refractivity contribution in [1.29, 1.82) is 0 Å². The van der Waals surface area contributed by atoms with Crippen molar-refractivity contribution in [2.45, 2.75) is 26.2 Å². The molecule has 21 heavy (non-hydrogen) atoms. The smallest absolute Gasteiger partial charge is 0.246 e. The van der Waals surface area contributed by atoms with Gasteiger partial charge in [-0.15, -0.1) is 0 Å². The number of anilines is 1. The molecule has 2 aromatic carbocycles. The van der Waals surface area contributed by atoms with E-state index in [9.17, 15) is 4.39 Å². The van der Waals surface area contributed by atoms with E-state index in [2.05, 4.69) is 21.2 Å². The van der Waals surface area contributed by atoms with Crippen molar-refractivity contribution in [1.82, 2.24) is 0 Å². The number of hydrogen-bond acceptors (Lipinski definition) is 3. The van der Waals surface area contributed by atoms with Crippen LogP contribution in [0.4, 0.5) is 10.1 Å². The molecule has 1 aliphatic heterocycles. The molecule has 2 aromatic rings. The molecule has 1 heterocycles. The molecule has 0 spiro atoms. The van der Waals surface area contributed by atoms with E-state index >= 15 is 0 Å². The summed E-state index contributed by atoms with van der Waals surface area (Å²) in [4.78, 5) is 0. The van der Waals surface area contributed by atoms with Gasteiger partial charge in [0.1, 0.15) is 5.82 Å². The van der Waals surface area contributed by atoms with Gasteiger partial charge in [0.05, 0.1) is 0 Å². The van der Waals surface area contributed by atoms with Crippen LogP contribution < -0.4 is 14.8 Å². The topological polar surface area (TPSA) is 30.5 Å². The first-order chi connectivity index (χ1) is 9.93. The summed E-state index contributed by atoms with van der Waals surface area (Å²) in [6, 6.07) is 10.6. The van der Waals surface area contributed by atoms with Crippen LogP contribution in [0.5, 0.6) is 11.5 Å². The predicted molar refractivity (Wildman–Crippen MR) is 83.2 cm³/mol. The molecule has 5 heteroatoms. The lowest BCUT2D eigenvalue weighted by Gasteiger charge is -2.16. The van der Waals surface area contributed by atoms with Gasteiger partial charge in [-0.3, -0.25) is 0 Å². The summed E-state index contributed by atoms with van der Waals surface area (Å²) in [7, 11) is 0. The van der Waals surface area contributed by atoms with Crippen LogP contribution in [0.15, 0.2) is 40.9 Å². The number of halogens is 2. The molecule has 3 rings (SSSR count). The summed E-state index contributed by atoms with van der Waals surface area (Å²) in [6.45, 7) is 4.12. The van der Waals surface area contributed by atoms with Crippen molar-refractivity contribution in [3.05, 3.63) is 52.3 Å². The Morgan fingerprint density at radius 3 is 2.62 bits per heavy atom. The van der Waals surface area contributed by atoms with Gasteiger partial charge in [-0.25, -0.2) is 4.39 Å². The third-order valence-corrected chi connectivity index (χ3v) is 3.65. The van der Waals surface area contributed by atoms with E-state index in [-0.39, 0.29) is 5.82 Å². The summed E-state index contributed by atoms with van der Waals surface area (Å²) < 4.78 is 25.8. The molecule has 0 amide bonds. The number of rotatable bonds is 3. The molecule has 1 aliphatic rings. The highest BCUT2D eigenvalue weighted by atomic mass is 79.9. The highest BCUT2D eigenvalue weighted by Gasteiger charge is 2.31. The molecule has 3 nitrogen and oxygen atoms in total. The second kappa shape index (κ2) is 5.22. The van der Waals surface area contributed by atoms with E-state index in [4.69, 9.17) is 9.47 Å². The largest absolute Gasteiger partial charge is 0.449 e. The van der Waals surface area contributed by atoms with Crippen LogP contribution in [0.1, 0.15) is 19.4 Å². The summed E-state index contributed by atoms with van der Waals surface area (Å²) >= 11 is 3.25. The molecular weight excluding hydrogens is 337 g/mol. The van der Waals surface area contributed by atoms with E-state index in [0.717, 1.165) is 15.9 Å². The molecule has 0 aromatic heterocycles. The maximum atomic E-state index is 13.8. The number of benzene rings is 2. The van der Waals surface area contributed by atoms with Crippen molar-refractivity contribution in [2.75, 3.05) is 5.32 Å². The first kappa shape index (κ1) is 14.2. The summed E-state index contributed by atoms with van der Waals surface area (Å²) in [5.74, 6) is 0.541. The Bertz CT molecular complexity index is 688. The number of nitrogens with one attached hydrogen (secondary N) is 1. The van der Waals surface area contributed by atoms with Gasteiger partial charge in [-0.2, -0.15) is 0 Å². The zero-order valence-electron chi connectivity index (χ0n) is 11.7. The van der Waals surface area contributed by atoms with Crippen LogP contribution in [-0.4, -0.2) is 5.79 Å². The SMILES string of the molecule is CC1(C)Oc2ccc(NCc3ccc(Br)cc3F)cc2O1. The van der Waals surface area contributed by atoms with Crippen LogP contribution >= 0.6 is 15.9 Å². The predicted octanol–water partition coefficient (Wildman–Crippen LogP) is 4.71. The minimum atomic E-state index is -0.640. The highest BCUT2D eigenvalue weighted by molar-refractivity contribution is 9.10. The fraction of sp³-hybridized carbons (Fsp3) is 0.250. The highest BCUT2D eigenvalue weighted by Crippen LogP contribution is 2.40. The Kier molecular flexibility index (Phi) is 3.53. The molecular formula is C16H15BrFNO2. The number of ether oxygens (including phenoxy) is 2. The molecule has 0 aliphatic carbocycles. The quantitative estimate of drug-likeness (QED) is 0.868. The van der Waals surface area contributed by atoms with E-state index in [0.29, 0.717) is 17.9 Å². The second-order valence-corrected chi connectivity index (χ2v) is 6.27. The van der Waals surface area contributed by atoms with Gasteiger partial charge in [-0.05, 0) is 24.3 Å². The second-order valence-electron chi connectivity index (χ2n) is 5.35. The van der Waals surface area contributed by atoms with Gasteiger partial charge in [0, 0.05) is 42.2 Å². The fourth-order valence-corrected chi connectivity index (χ4v) is 2.53. The van der Waals surface area contributed by atoms with E-state index in [1.54, 1.807) is 6.07 Å². The Morgan fingerprint density at radius 1 is 1.10 bits per heavy atom. The minimum Gasteiger partial charge on any atom is -0.449 e. The maximum Gasteiger partial charge on any atom is 0.246 e. The van der Waals surface area contributed by atoms with E-state index in [1.807, 2.05) is 38.1 Å². The molecule has 0 saturated heterocycles. The maximum absolute atomic E-state index is 13.8. The molecule has 0 saturated carbocycles. The van der Waals surface area contributed by atoms with Crippen LogP contribution in [0.2, 0.25) is 0 Å². The van der Waals surface area contributed by atoms with Gasteiger partial charge in [0.25, 0.3) is 0 Å². The van der Waals surface area contributed by atoms with Crippen molar-refractivity contribution in [3.8, 4) is 11.5 Å². The lowest BCUT2D eigenvalue weighted by atomic mass is 10.2. The molecule has 1 N–H and O–H groups in total. The molecule has 0 atom stereocenters. The molecule has 0 fully saturated rings. The van der Waals surface area contributed by atoms with Crippen molar-refractivity contribution < 1.29 is 13.9 Å². The van der Waals surface area contributed by atoms with E-state index in [1.165, 1.54) is 6.07 Å². The number of fused-ring (bicyclic) bond motifs is 1. The summed E-state index contributed by atoms with van der Waals surface area (Å²) in [6.07, 6.45) is 0. The molecule has 0 bridgehead atoms. The zero-order valence-corrected chi connectivity index (χ0v) is 13.3. The van der Waals surface area contributed by atoms with Gasteiger partial charge in [0.15, 0.2) is 11.5 Å². The first-order valence-electron chi connectivity index (χ1n) is 6.63. The third kappa shape index (κ3) is 3.13. The van der Waals surface area contributed by atoms with Gasteiger partial charge < -0.3 is 14.8 Å². The average Bonchev–Trinajstić information content (AvgIpc) is 2.70. The van der Waals surface area contributed by atoms with Crippen molar-refractivity contribution in [3.63, 3.8) is 0 Å². The van der Waals surface area contributed by atoms with Crippen molar-refractivity contribution >= 4 is 21.6 Å². The average molecular weight is 352 g/mol. The molecule has 0 radical (unpaired) electrons. The number of hydrogen-bond donors (Lipinski definition) is 1. The third-order valence-electron chi connectivity index (χ3n) is 3.15. The Labute approximate surface area is 131 Å².